The van der Waals surface area contributed by atoms with Gasteiger partial charge in [0, 0.05) is 39.6 Å². The van der Waals surface area contributed by atoms with Gasteiger partial charge in [0.25, 0.3) is 0 Å². The molecule has 17 heteroatoms. The maximum absolute atomic E-state index is 14.2. The molecule has 0 spiro atoms. The van der Waals surface area contributed by atoms with Crippen LogP contribution < -0.4 is 0 Å². The van der Waals surface area contributed by atoms with Crippen LogP contribution in [0.15, 0.2) is 24.3 Å². The van der Waals surface area contributed by atoms with Gasteiger partial charge in [-0.1, -0.05) is 114 Å². The molecule has 78 heavy (non-hydrogen) atoms. The molecule has 14 nitrogen and oxygen atoms in total. The SMILES string of the molecule is CCCO[C@@]1(C)C[C@@H](O[C@@H]2[C@@H](N(C)C)[C@H](O[Si](C)(C)C(C)(C)C)[C@@H](O[C@H]3[C@H]4CC(O[Si](C)(C)C(C)(C)C)O[C@H](CC(=O)O[C@H](C)C/C=C/C=C/[C@H](O[Si](C)(C)C(C)(C)C)[C@H](C)C4)[C@@H]3OC)O[C@H]2C)O[C@H](C)[C@H]1OCCC(C)C. The monoisotopic (exact) mass is 1160 g/mol. The van der Waals surface area contributed by atoms with Crippen LogP contribution in [0.1, 0.15) is 163 Å². The van der Waals surface area contributed by atoms with E-state index in [2.05, 4.69) is 187 Å². The van der Waals surface area contributed by atoms with Crippen molar-refractivity contribution in [2.24, 2.45) is 17.8 Å². The maximum Gasteiger partial charge on any atom is 0.308 e. The Morgan fingerprint density at radius 3 is 1.90 bits per heavy atom. The Labute approximate surface area is 479 Å². The fourth-order valence-corrected chi connectivity index (χ4v) is 14.4. The molecule has 4 heterocycles. The van der Waals surface area contributed by atoms with Gasteiger partial charge in [0.15, 0.2) is 37.5 Å². The molecule has 0 saturated carbocycles. The molecule has 1 unspecified atom stereocenters. The Hall–Kier alpha value is -0.879. The molecular weight excluding hydrogens is 1040 g/mol. The Balaban J connectivity index is 1.93. The highest BCUT2D eigenvalue weighted by molar-refractivity contribution is 6.75. The van der Waals surface area contributed by atoms with Crippen LogP contribution in [0.25, 0.3) is 0 Å². The molecule has 0 radical (unpaired) electrons. The van der Waals surface area contributed by atoms with Gasteiger partial charge < -0.3 is 60.8 Å². The Morgan fingerprint density at radius 2 is 1.33 bits per heavy atom. The van der Waals surface area contributed by atoms with E-state index in [9.17, 15) is 4.79 Å². The van der Waals surface area contributed by atoms with Crippen LogP contribution in [0.3, 0.4) is 0 Å². The number of carbonyl (C=O) groups is 1. The number of likely N-dealkylation sites (N-methyl/N-ethyl adjacent to an activating group) is 1. The number of methoxy groups -OCH3 is 1. The molecule has 4 aliphatic rings. The molecule has 17 atom stereocenters. The summed E-state index contributed by atoms with van der Waals surface area (Å²) in [5, 5.41) is -0.300. The van der Waals surface area contributed by atoms with E-state index in [0.29, 0.717) is 44.8 Å². The molecule has 4 aliphatic heterocycles. The smallest absolute Gasteiger partial charge is 0.308 e. The zero-order valence-corrected chi connectivity index (χ0v) is 57.2. The number of carbonyl (C=O) groups excluding carboxylic acids is 1. The molecule has 3 saturated heterocycles. The van der Waals surface area contributed by atoms with Crippen molar-refractivity contribution in [2.75, 3.05) is 34.4 Å². The van der Waals surface area contributed by atoms with Gasteiger partial charge in [-0.2, -0.15) is 0 Å². The number of allylic oxidation sites excluding steroid dienone is 2. The minimum Gasteiger partial charge on any atom is -0.462 e. The van der Waals surface area contributed by atoms with Crippen LogP contribution in [0.4, 0.5) is 0 Å². The van der Waals surface area contributed by atoms with Gasteiger partial charge in [-0.3, -0.25) is 4.79 Å². The summed E-state index contributed by atoms with van der Waals surface area (Å²) in [6.07, 6.45) is 5.20. The first-order valence-corrected chi connectivity index (χ1v) is 38.8. The standard InChI is InChI=1S/C61H117NO13Si3/c1-27-34-66-61(17)39-50(68-44(7)56(61)65-35-33-40(2)3)71-52-43(6)69-57(55(51(52)62(18)19)75-78(25,26)60(14,15)16)72-53-45-36-41(4)46(73-76(21,22)58(8,9)10)32-30-28-29-31-42(5)67-48(63)38-47(54(53)64-20)70-49(37-45)74-77(23,24)59(11,12)13/h28-30,32,40-47,49-57H,27,31,33-39H2,1-26H3/b29-28+,32-30+/t41-,42-,43+,44-,45-,46+,47-,49?,50-,51-,52+,53+,54+,55+,56-,57-,61+/m1/s1. The minimum atomic E-state index is -2.58. The third-order valence-electron chi connectivity index (χ3n) is 18.5. The Morgan fingerprint density at radius 1 is 0.731 bits per heavy atom. The average molecular weight is 1160 g/mol. The largest absolute Gasteiger partial charge is 0.462 e. The van der Waals surface area contributed by atoms with Crippen LogP contribution >= 0.6 is 0 Å². The van der Waals surface area contributed by atoms with Crippen LogP contribution in [0.2, 0.25) is 54.4 Å². The Kier molecular flexibility index (Phi) is 25.3. The van der Waals surface area contributed by atoms with Gasteiger partial charge in [0.2, 0.25) is 0 Å². The minimum absolute atomic E-state index is 0.0158. The van der Waals surface area contributed by atoms with E-state index in [0.717, 1.165) is 12.8 Å². The molecular formula is C61H117NO13Si3. The highest BCUT2D eigenvalue weighted by Gasteiger charge is 2.57. The first kappa shape index (κ1) is 69.6. The summed E-state index contributed by atoms with van der Waals surface area (Å²) in [6, 6.07) is -0.358. The summed E-state index contributed by atoms with van der Waals surface area (Å²) in [6.45, 7) is 52.3. The molecule has 0 aromatic rings. The molecule has 0 N–H and O–H groups in total. The summed E-state index contributed by atoms with van der Waals surface area (Å²) in [7, 11) is -1.45. The lowest BCUT2D eigenvalue weighted by Crippen LogP contribution is -2.68. The van der Waals surface area contributed by atoms with E-state index in [4.69, 9.17) is 55.9 Å². The van der Waals surface area contributed by atoms with Crippen molar-refractivity contribution >= 4 is 30.9 Å². The van der Waals surface area contributed by atoms with Gasteiger partial charge in [-0.05, 0) is 133 Å². The average Bonchev–Trinajstić information content (AvgIpc) is 3.40. The van der Waals surface area contributed by atoms with E-state index in [-0.39, 0.29) is 69.8 Å². The van der Waals surface area contributed by atoms with Crippen molar-refractivity contribution < 1.29 is 60.7 Å². The molecule has 0 amide bonds. The highest BCUT2D eigenvalue weighted by atomic mass is 28.4. The number of hydrogen-bond acceptors (Lipinski definition) is 14. The number of cyclic esters (lactones) is 1. The second-order valence-electron chi connectivity index (χ2n) is 29.1. The van der Waals surface area contributed by atoms with Crippen LogP contribution in [-0.4, -0.2) is 162 Å². The van der Waals surface area contributed by atoms with Crippen molar-refractivity contribution in [2.45, 2.75) is 309 Å². The van der Waals surface area contributed by atoms with E-state index < -0.39 is 86.0 Å². The summed E-state index contributed by atoms with van der Waals surface area (Å²) in [5.74, 6) is -0.0692. The van der Waals surface area contributed by atoms with Crippen molar-refractivity contribution in [1.29, 1.82) is 0 Å². The Bertz CT molecular complexity index is 1900. The first-order chi connectivity index (χ1) is 35.8. The number of nitrogens with zero attached hydrogens (tertiary/aromatic N) is 1. The van der Waals surface area contributed by atoms with Crippen molar-refractivity contribution in [3.8, 4) is 0 Å². The van der Waals surface area contributed by atoms with Crippen LogP contribution in [-0.2, 0) is 60.7 Å². The summed E-state index contributed by atoms with van der Waals surface area (Å²) in [4.78, 5) is 16.4. The zero-order valence-electron chi connectivity index (χ0n) is 54.2. The molecule has 2 bridgehead atoms. The molecule has 4 rings (SSSR count). The molecule has 0 aromatic carbocycles. The number of rotatable bonds is 19. The first-order valence-electron chi connectivity index (χ1n) is 30.1. The lowest BCUT2D eigenvalue weighted by molar-refractivity contribution is -0.346. The molecule has 0 aliphatic carbocycles. The predicted octanol–water partition coefficient (Wildman–Crippen LogP) is 13.6. The fourth-order valence-electron chi connectivity index (χ4n) is 10.6. The summed E-state index contributed by atoms with van der Waals surface area (Å²) < 4.78 is 84.8. The van der Waals surface area contributed by atoms with E-state index in [1.165, 1.54) is 0 Å². The van der Waals surface area contributed by atoms with Gasteiger partial charge in [0.1, 0.15) is 36.8 Å². The number of esters is 1. The van der Waals surface area contributed by atoms with E-state index in [1.807, 2.05) is 13.0 Å². The lowest BCUT2D eigenvalue weighted by atomic mass is 9.83. The van der Waals surface area contributed by atoms with E-state index >= 15 is 0 Å². The quantitative estimate of drug-likeness (QED) is 0.0898. The lowest BCUT2D eigenvalue weighted by Gasteiger charge is -2.54. The topological polar surface area (TPSA) is 131 Å². The number of fused-ring (bicyclic) bond motifs is 3. The normalized spacial score (nSPS) is 36.6. The van der Waals surface area contributed by atoms with Crippen LogP contribution in [0, 0.1) is 17.8 Å². The van der Waals surface area contributed by atoms with Crippen molar-refractivity contribution in [1.82, 2.24) is 4.90 Å². The predicted molar refractivity (Wildman–Crippen MR) is 321 cm³/mol. The molecule has 3 fully saturated rings. The van der Waals surface area contributed by atoms with Gasteiger partial charge in [0.05, 0.1) is 48.6 Å². The van der Waals surface area contributed by atoms with E-state index in [1.54, 1.807) is 7.11 Å². The third kappa shape index (κ3) is 18.6. The molecule has 0 aromatic heterocycles. The zero-order chi connectivity index (χ0) is 59.1. The van der Waals surface area contributed by atoms with Crippen molar-refractivity contribution in [3.05, 3.63) is 24.3 Å². The number of ether oxygens (including phenoxy) is 9. The second-order valence-corrected chi connectivity index (χ2v) is 43.4. The van der Waals surface area contributed by atoms with Gasteiger partial charge in [-0.15, -0.1) is 0 Å². The summed E-state index contributed by atoms with van der Waals surface area (Å²) in [5.41, 5.74) is -0.654. The second kappa shape index (κ2) is 28.3. The van der Waals surface area contributed by atoms with Gasteiger partial charge in [-0.25, -0.2) is 0 Å². The van der Waals surface area contributed by atoms with Crippen molar-refractivity contribution in [3.63, 3.8) is 0 Å². The third-order valence-corrected chi connectivity index (χ3v) is 31.9. The summed E-state index contributed by atoms with van der Waals surface area (Å²) >= 11 is 0. The highest BCUT2D eigenvalue weighted by Crippen LogP contribution is 2.47. The fraction of sp³-hybridized carbons (Fsp3) is 0.918. The maximum atomic E-state index is 14.2. The molecule has 456 valence electrons. The number of hydrogen-bond donors (Lipinski definition) is 0. The van der Waals surface area contributed by atoms with Crippen LogP contribution in [0.5, 0.6) is 0 Å². The van der Waals surface area contributed by atoms with Gasteiger partial charge >= 0.3 is 5.97 Å².